The van der Waals surface area contributed by atoms with E-state index in [1.54, 1.807) is 18.2 Å². The number of aliphatic hydroxyl groups excluding tert-OH is 2. The van der Waals surface area contributed by atoms with Crippen LogP contribution in [0, 0.1) is 5.92 Å². The number of anilines is 6. The van der Waals surface area contributed by atoms with E-state index in [4.69, 9.17) is 74.5 Å². The molecule has 10 N–H and O–H groups in total. The van der Waals surface area contributed by atoms with Crippen molar-refractivity contribution in [2.45, 2.75) is 240 Å². The number of nitrogens with zero attached hydrogens (tertiary/aromatic N) is 1. The maximum Gasteiger partial charge on any atom is 0.335 e. The van der Waals surface area contributed by atoms with Crippen LogP contribution in [-0.2, 0) is 38.7 Å². The Hall–Kier alpha value is -10.1. The quantitative estimate of drug-likeness (QED) is 0.00962. The van der Waals surface area contributed by atoms with Gasteiger partial charge in [-0.25, -0.2) is 9.59 Å². The lowest BCUT2D eigenvalue weighted by atomic mass is 9.97. The van der Waals surface area contributed by atoms with Gasteiger partial charge >= 0.3 is 11.9 Å². The van der Waals surface area contributed by atoms with Crippen molar-refractivity contribution < 1.29 is 95.5 Å². The van der Waals surface area contributed by atoms with Crippen molar-refractivity contribution in [2.75, 3.05) is 150 Å². The first-order valence-electron chi connectivity index (χ1n) is 46.4. The first kappa shape index (κ1) is 115. The number of hydrogen-bond donors (Lipinski definition) is 10. The number of carboxylic acid groups (broad SMARTS) is 2. The number of carbonyl (C=O) groups excluding carboxylic acids is 2. The van der Waals surface area contributed by atoms with Crippen LogP contribution in [0.2, 0.25) is 0 Å². The fourth-order valence-corrected chi connectivity index (χ4v) is 11.3. The molecule has 0 bridgehead atoms. The number of rotatable bonds is 55. The summed E-state index contributed by atoms with van der Waals surface area (Å²) in [7, 11) is 0. The number of aromatic carboxylic acids is 2. The fraction of sp³-hybridized carbons (Fsp3) is 0.545. The number of hydrogen-bond acceptors (Lipinski definition) is 22. The van der Waals surface area contributed by atoms with Crippen LogP contribution in [0.5, 0.6) is 46.0 Å². The number of carboxylic acids is 2. The molecule has 0 saturated carbocycles. The smallest absolute Gasteiger partial charge is 0.335 e. The largest absolute Gasteiger partial charge is 0.493 e. The highest BCUT2D eigenvalue weighted by molar-refractivity contribution is 6.32. The highest BCUT2D eigenvalue weighted by Gasteiger charge is 2.38. The third kappa shape index (κ3) is 55.3. The predicted molar refractivity (Wildman–Crippen MR) is 534 cm³/mol. The standard InChI is InChI=1S/C17H22ClNO4.C13H20N2O2.C13H22N2O.C13H18O4.C13H20O3.C12H20N2.C12H18O2.C8H18O2.6H2/c1-3-5-22-14-8-12(9-15(11-14)23-6-4-2)7-13-10-16(20)19(18)17(13)21;1-3-5-14-11-7-10(13(16)17)8-12(9-11)15-6-4-2;1-3-5-14-12-7-11(10-16)8-13(9-12)15-6-4-2;1-3-5-16-11-7-10(13(14)15)8-12(9-11)17-6-4-2;1-3-5-15-12-7-11(10-14)8-13(9-12)16-6-4-2;2*1-3-8-13-11-6-5-7-12(10-11)14-9-4-2;1-3-5-9-7-8-10-6-4-2;;;;;;/h8-9,11,13H,3-7,10H2,1-2H3;7-9,14-15H,3-6H2,1-2H3,(H,16,17);7-9,14-16H,3-6,10H2,1-2H3;7-9H,3-6H2,1-2H3,(H,14,15);7-9,14H,3-6,10H2,1-2H3;5-7,10,13-14H,3-4,8-9H2,1-2H3;5-7,10H,3-4,8-9H2,1-2H3;3-8H2,1-2H3;6*1H. The van der Waals surface area contributed by atoms with Crippen molar-refractivity contribution in [3.8, 4) is 46.0 Å². The summed E-state index contributed by atoms with van der Waals surface area (Å²) in [6.45, 7) is 47.6. The molecule has 2 amide bonds. The second-order valence-electron chi connectivity index (χ2n) is 29.7. The summed E-state index contributed by atoms with van der Waals surface area (Å²) in [5.41, 5.74) is 9.42. The molecule has 1 saturated heterocycles. The molecule has 1 fully saturated rings. The van der Waals surface area contributed by atoms with Crippen LogP contribution < -0.4 is 69.8 Å². The summed E-state index contributed by atoms with van der Waals surface area (Å²) < 4.78 is 55.4. The van der Waals surface area contributed by atoms with E-state index in [2.05, 4.69) is 145 Å². The maximum atomic E-state index is 11.9. The minimum absolute atomic E-state index is 0. The van der Waals surface area contributed by atoms with Crippen LogP contribution in [0.4, 0.5) is 34.1 Å². The Morgan fingerprint density at radius 3 is 0.874 bits per heavy atom. The summed E-state index contributed by atoms with van der Waals surface area (Å²) in [4.78, 5) is 45.4. The van der Waals surface area contributed by atoms with Crippen LogP contribution >= 0.6 is 11.8 Å². The number of aliphatic hydroxyl groups is 2. The van der Waals surface area contributed by atoms with Gasteiger partial charge in [-0.1, -0.05) is 123 Å². The average Bonchev–Trinajstić information content (AvgIpc) is 1.70. The zero-order valence-corrected chi connectivity index (χ0v) is 80.3. The molecule has 1 heterocycles. The first-order valence-corrected chi connectivity index (χ1v) is 46.7. The zero-order valence-electron chi connectivity index (χ0n) is 79.6. The summed E-state index contributed by atoms with van der Waals surface area (Å²) in [6.07, 6.45) is 16.9. The number of carbonyl (C=O) groups is 4. The number of ether oxygens (including phenoxy) is 10. The number of amides is 2. The molecular weight excluding hydrogens is 1630 g/mol. The van der Waals surface area contributed by atoms with Gasteiger partial charge in [0.2, 0.25) is 11.8 Å². The molecule has 1 aliphatic rings. The minimum atomic E-state index is -0.978. The predicted octanol–water partition coefficient (Wildman–Crippen LogP) is 24.8. The molecule has 1 atom stereocenters. The van der Waals surface area contributed by atoms with Crippen LogP contribution in [-0.4, -0.2) is 167 Å². The van der Waals surface area contributed by atoms with Gasteiger partial charge in [0, 0.05) is 138 Å². The van der Waals surface area contributed by atoms with Crippen LogP contribution in [0.15, 0.2) is 140 Å². The van der Waals surface area contributed by atoms with Crippen molar-refractivity contribution in [1.29, 1.82) is 0 Å². The zero-order chi connectivity index (χ0) is 93.9. The van der Waals surface area contributed by atoms with Crippen LogP contribution in [0.25, 0.3) is 0 Å². The summed E-state index contributed by atoms with van der Waals surface area (Å²) in [5.74, 6) is 2.84. The van der Waals surface area contributed by atoms with Crippen molar-refractivity contribution in [1.82, 2.24) is 4.42 Å². The van der Waals surface area contributed by atoms with Gasteiger partial charge in [-0.15, -0.1) is 0 Å². The molecular formula is C101H170ClN7O18. The lowest BCUT2D eigenvalue weighted by Crippen LogP contribution is -2.21. The molecule has 1 aliphatic heterocycles. The van der Waals surface area contributed by atoms with Crippen LogP contribution in [0.3, 0.4) is 0 Å². The minimum Gasteiger partial charge on any atom is -0.493 e. The van der Waals surface area contributed by atoms with E-state index in [0.29, 0.717) is 67.5 Å². The Kier molecular flexibility index (Phi) is 68.8. The van der Waals surface area contributed by atoms with Gasteiger partial charge in [0.1, 0.15) is 46.0 Å². The van der Waals surface area contributed by atoms with Crippen molar-refractivity contribution >= 4 is 69.7 Å². The van der Waals surface area contributed by atoms with Gasteiger partial charge < -0.3 is 99.7 Å². The SMILES string of the molecule is CCCNc1cc(CO)cc(NCCC)c1.CCCNc1cc(NCCC)cc(C(=O)O)c1.CCCNc1cccc(NCCC)c1.CCCOCCOCCC.CCCOc1cc(CC2CC(=O)N(Cl)C2=O)cc(OCCC)c1.CCCOc1cc(CO)cc(OCCC)c1.CCCOc1cc(OCCC)cc(C(=O)O)c1.CCCOc1cccc(OCCC)c1.[HH].[HH].[HH].[HH].[HH].[HH]. The molecule has 0 radical (unpaired) electrons. The highest BCUT2D eigenvalue weighted by atomic mass is 35.5. The molecule has 0 aliphatic carbocycles. The van der Waals surface area contributed by atoms with E-state index in [9.17, 15) is 24.3 Å². The molecule has 8 rings (SSSR count). The van der Waals surface area contributed by atoms with Gasteiger partial charge in [0.05, 0.1) is 96.3 Å². The summed E-state index contributed by atoms with van der Waals surface area (Å²) in [5, 5.41) is 56.1. The molecule has 0 aromatic heterocycles. The van der Waals surface area contributed by atoms with Crippen molar-refractivity contribution in [2.24, 2.45) is 5.92 Å². The summed E-state index contributed by atoms with van der Waals surface area (Å²) >= 11 is 5.66. The summed E-state index contributed by atoms with van der Waals surface area (Å²) in [6, 6.07) is 43.5. The third-order valence-corrected chi connectivity index (χ3v) is 17.6. The van der Waals surface area contributed by atoms with Gasteiger partial charge in [0.15, 0.2) is 0 Å². The van der Waals surface area contributed by atoms with E-state index in [1.165, 1.54) is 23.5 Å². The van der Waals surface area contributed by atoms with Gasteiger partial charge in [-0.2, -0.15) is 4.42 Å². The molecule has 127 heavy (non-hydrogen) atoms. The van der Waals surface area contributed by atoms with Gasteiger partial charge in [0.25, 0.3) is 0 Å². The van der Waals surface area contributed by atoms with Crippen LogP contribution in [0.1, 0.15) is 266 Å². The molecule has 26 heteroatoms. The van der Waals surface area contributed by atoms with E-state index < -0.39 is 17.9 Å². The second-order valence-corrected chi connectivity index (χ2v) is 30.0. The molecule has 1 unspecified atom stereocenters. The average molecular weight is 1810 g/mol. The molecule has 0 spiro atoms. The number of nitrogens with one attached hydrogen (secondary N) is 6. The van der Waals surface area contributed by atoms with Crippen molar-refractivity contribution in [3.05, 3.63) is 167 Å². The van der Waals surface area contributed by atoms with E-state index in [0.717, 1.165) is 256 Å². The van der Waals surface area contributed by atoms with Crippen molar-refractivity contribution in [3.63, 3.8) is 0 Å². The monoisotopic (exact) mass is 1800 g/mol. The Balaban J connectivity index is -0.000000347. The van der Waals surface area contributed by atoms with Gasteiger partial charge in [-0.3, -0.25) is 9.59 Å². The normalized spacial score (nSPS) is 11.4. The van der Waals surface area contributed by atoms with E-state index in [-0.39, 0.29) is 45.6 Å². The van der Waals surface area contributed by atoms with Gasteiger partial charge in [-0.05, 0) is 229 Å². The van der Waals surface area contributed by atoms with E-state index in [1.807, 2.05) is 107 Å². The maximum absolute atomic E-state index is 11.9. The Morgan fingerprint density at radius 2 is 0.583 bits per heavy atom. The molecule has 7 aromatic carbocycles. The third-order valence-electron chi connectivity index (χ3n) is 17.2. The number of halogens is 1. The second kappa shape index (κ2) is 76.0. The lowest BCUT2D eigenvalue weighted by molar-refractivity contribution is -0.133. The van der Waals surface area contributed by atoms with E-state index >= 15 is 0 Å². The number of benzene rings is 7. The lowest BCUT2D eigenvalue weighted by Gasteiger charge is -2.13. The number of imide groups is 1. The molecule has 7 aromatic rings. The Labute approximate surface area is 775 Å². The topological polar surface area (TPSA) is 317 Å². The highest BCUT2D eigenvalue weighted by Crippen LogP contribution is 2.32. The molecule has 25 nitrogen and oxygen atoms in total. The Bertz CT molecular complexity index is 3650. The Morgan fingerprint density at radius 1 is 0.323 bits per heavy atom. The molecule has 724 valence electrons. The fourth-order valence-electron chi connectivity index (χ4n) is 11.1. The first-order chi connectivity index (χ1) is 61.6.